The van der Waals surface area contributed by atoms with Gasteiger partial charge in [0, 0.05) is 6.54 Å². The molecular weight excluding hydrogens is 312 g/mol. The molecule has 1 aromatic carbocycles. The number of nitrogens with zero attached hydrogens (tertiary/aromatic N) is 1. The molecule has 0 radical (unpaired) electrons. The van der Waals surface area contributed by atoms with E-state index in [4.69, 9.17) is 0 Å². The van der Waals surface area contributed by atoms with Gasteiger partial charge in [0.2, 0.25) is 15.9 Å². The number of carbonyl (C=O) groups is 1. The summed E-state index contributed by atoms with van der Waals surface area (Å²) in [4.78, 5) is 14.1. The van der Waals surface area contributed by atoms with Crippen LogP contribution >= 0.6 is 0 Å². The summed E-state index contributed by atoms with van der Waals surface area (Å²) >= 11 is 0. The normalized spacial score (nSPS) is 19.7. The number of carbonyl (C=O) groups excluding carboxylic acids is 1. The Morgan fingerprint density at radius 3 is 2.70 bits per heavy atom. The smallest absolute Gasteiger partial charge is 0.239 e. The molecule has 1 aliphatic rings. The van der Waals surface area contributed by atoms with Crippen molar-refractivity contribution in [2.24, 2.45) is 0 Å². The molecule has 0 saturated carbocycles. The molecule has 0 aromatic heterocycles. The predicted molar refractivity (Wildman–Crippen MR) is 92.3 cm³/mol. The topological polar surface area (TPSA) is 66.5 Å². The van der Waals surface area contributed by atoms with Crippen LogP contribution in [0.25, 0.3) is 6.08 Å². The van der Waals surface area contributed by atoms with Crippen molar-refractivity contribution in [3.63, 3.8) is 0 Å². The summed E-state index contributed by atoms with van der Waals surface area (Å²) in [6, 6.07) is 9.86. The summed E-state index contributed by atoms with van der Waals surface area (Å²) in [6.07, 6.45) is 7.92. The van der Waals surface area contributed by atoms with Crippen LogP contribution in [-0.2, 0) is 14.8 Å². The second-order valence-corrected chi connectivity index (χ2v) is 7.66. The molecule has 126 valence electrons. The first-order valence-corrected chi connectivity index (χ1v) is 9.61. The van der Waals surface area contributed by atoms with Gasteiger partial charge in [0.05, 0.1) is 6.04 Å². The van der Waals surface area contributed by atoms with E-state index in [-0.39, 0.29) is 11.9 Å². The molecule has 5 nitrogen and oxygen atoms in total. The lowest BCUT2D eigenvalue weighted by molar-refractivity contribution is -0.129. The lowest BCUT2D eigenvalue weighted by Crippen LogP contribution is -2.43. The van der Waals surface area contributed by atoms with Gasteiger partial charge in [-0.2, -0.15) is 0 Å². The first-order chi connectivity index (χ1) is 11.0. The highest BCUT2D eigenvalue weighted by Gasteiger charge is 2.26. The van der Waals surface area contributed by atoms with Crippen LogP contribution < -0.4 is 4.72 Å². The van der Waals surface area contributed by atoms with Crippen LogP contribution in [0.4, 0.5) is 0 Å². The van der Waals surface area contributed by atoms with Gasteiger partial charge < -0.3 is 4.90 Å². The van der Waals surface area contributed by atoms with Gasteiger partial charge in [-0.3, -0.25) is 4.79 Å². The van der Waals surface area contributed by atoms with Crippen molar-refractivity contribution in [3.8, 4) is 0 Å². The summed E-state index contributed by atoms with van der Waals surface area (Å²) in [6.45, 7) is 0.613. The van der Waals surface area contributed by atoms with Gasteiger partial charge in [0.15, 0.2) is 0 Å². The zero-order valence-electron chi connectivity index (χ0n) is 13.4. The molecule has 1 saturated heterocycles. The van der Waals surface area contributed by atoms with Crippen molar-refractivity contribution in [2.75, 3.05) is 19.3 Å². The Bertz CT molecular complexity index is 641. The molecule has 6 heteroatoms. The third-order valence-electron chi connectivity index (χ3n) is 4.05. The van der Waals surface area contributed by atoms with Crippen LogP contribution in [0.15, 0.2) is 36.4 Å². The number of amides is 1. The standard InChI is InChI=1S/C17H24N2O3S/c1-18-23(21,22)14-17(20)19-13-7-3-6-10-16(19)12-11-15-8-4-2-5-9-15/h2,4-5,8-9,11-12,16,18H,3,6-7,10,13-14H2,1H3. The second kappa shape index (κ2) is 8.26. The Balaban J connectivity index is 2.13. The highest BCUT2D eigenvalue weighted by atomic mass is 32.2. The van der Waals surface area contributed by atoms with Crippen molar-refractivity contribution in [3.05, 3.63) is 42.0 Å². The predicted octanol–water partition coefficient (Wildman–Crippen LogP) is 2.02. The molecule has 1 N–H and O–H groups in total. The van der Waals surface area contributed by atoms with Gasteiger partial charge in [0.25, 0.3) is 0 Å². The average Bonchev–Trinajstić information content (AvgIpc) is 2.79. The zero-order chi connectivity index (χ0) is 16.7. The molecule has 1 aliphatic heterocycles. The van der Waals surface area contributed by atoms with E-state index in [0.29, 0.717) is 6.54 Å². The van der Waals surface area contributed by atoms with Gasteiger partial charge >= 0.3 is 0 Å². The SMILES string of the molecule is CNS(=O)(=O)CC(=O)N1CCCCCC1C=Cc1ccccc1. The Hall–Kier alpha value is -1.66. The lowest BCUT2D eigenvalue weighted by atomic mass is 10.1. The van der Waals surface area contributed by atoms with Crippen LogP contribution in [0.3, 0.4) is 0 Å². The first kappa shape index (κ1) is 17.7. The average molecular weight is 336 g/mol. The molecule has 0 spiro atoms. The summed E-state index contributed by atoms with van der Waals surface area (Å²) in [7, 11) is -2.20. The summed E-state index contributed by atoms with van der Waals surface area (Å²) in [5.74, 6) is -0.817. The van der Waals surface area contributed by atoms with Gasteiger partial charge in [-0.05, 0) is 25.5 Å². The molecule has 2 rings (SSSR count). The fraction of sp³-hybridized carbons (Fsp3) is 0.471. The second-order valence-electron chi connectivity index (χ2n) is 5.74. The number of hydrogen-bond donors (Lipinski definition) is 1. The molecule has 1 atom stereocenters. The van der Waals surface area contributed by atoms with E-state index in [2.05, 4.69) is 4.72 Å². The summed E-state index contributed by atoms with van der Waals surface area (Å²) in [5.41, 5.74) is 1.08. The molecule has 1 fully saturated rings. The monoisotopic (exact) mass is 336 g/mol. The van der Waals surface area contributed by atoms with E-state index in [1.54, 1.807) is 4.90 Å². The molecular formula is C17H24N2O3S. The van der Waals surface area contributed by atoms with E-state index in [1.165, 1.54) is 7.05 Å². The van der Waals surface area contributed by atoms with E-state index in [0.717, 1.165) is 31.2 Å². The minimum atomic E-state index is -3.54. The van der Waals surface area contributed by atoms with Crippen molar-refractivity contribution >= 4 is 22.0 Å². The molecule has 23 heavy (non-hydrogen) atoms. The largest absolute Gasteiger partial charge is 0.335 e. The van der Waals surface area contributed by atoms with Crippen molar-refractivity contribution in [1.29, 1.82) is 0 Å². The Labute approximate surface area is 138 Å². The zero-order valence-corrected chi connectivity index (χ0v) is 14.3. The number of benzene rings is 1. The van der Waals surface area contributed by atoms with Crippen molar-refractivity contribution in [2.45, 2.75) is 31.7 Å². The van der Waals surface area contributed by atoms with E-state index in [1.807, 2.05) is 42.5 Å². The van der Waals surface area contributed by atoms with E-state index < -0.39 is 15.8 Å². The maximum atomic E-state index is 12.4. The minimum absolute atomic E-state index is 0.0442. The van der Waals surface area contributed by atoms with Crippen LogP contribution in [-0.4, -0.2) is 44.6 Å². The van der Waals surface area contributed by atoms with Crippen LogP contribution in [0.1, 0.15) is 31.2 Å². The van der Waals surface area contributed by atoms with Gasteiger partial charge in [0.1, 0.15) is 5.75 Å². The quantitative estimate of drug-likeness (QED) is 0.894. The summed E-state index contributed by atoms with van der Waals surface area (Å²) < 4.78 is 25.5. The van der Waals surface area contributed by atoms with Crippen molar-refractivity contribution < 1.29 is 13.2 Å². The van der Waals surface area contributed by atoms with Gasteiger partial charge in [-0.15, -0.1) is 0 Å². The fourth-order valence-corrected chi connectivity index (χ4v) is 3.38. The van der Waals surface area contributed by atoms with Gasteiger partial charge in [-0.1, -0.05) is 55.3 Å². The maximum absolute atomic E-state index is 12.4. The van der Waals surface area contributed by atoms with E-state index >= 15 is 0 Å². The van der Waals surface area contributed by atoms with Crippen LogP contribution in [0.2, 0.25) is 0 Å². The third kappa shape index (κ3) is 5.48. The van der Waals surface area contributed by atoms with Crippen LogP contribution in [0, 0.1) is 0 Å². The summed E-state index contributed by atoms with van der Waals surface area (Å²) in [5, 5.41) is 0. The number of nitrogens with one attached hydrogen (secondary N) is 1. The molecule has 1 heterocycles. The number of sulfonamides is 1. The van der Waals surface area contributed by atoms with E-state index in [9.17, 15) is 13.2 Å². The molecule has 0 bridgehead atoms. The Kier molecular flexibility index (Phi) is 6.36. The third-order valence-corrected chi connectivity index (χ3v) is 5.30. The minimum Gasteiger partial charge on any atom is -0.335 e. The highest BCUT2D eigenvalue weighted by Crippen LogP contribution is 2.19. The molecule has 1 unspecified atom stereocenters. The maximum Gasteiger partial charge on any atom is 0.239 e. The molecule has 1 aromatic rings. The first-order valence-electron chi connectivity index (χ1n) is 7.96. The number of likely N-dealkylation sites (tertiary alicyclic amines) is 1. The van der Waals surface area contributed by atoms with Crippen LogP contribution in [0.5, 0.6) is 0 Å². The molecule has 0 aliphatic carbocycles. The lowest BCUT2D eigenvalue weighted by Gasteiger charge is -2.28. The number of rotatable bonds is 5. The Morgan fingerprint density at radius 1 is 1.26 bits per heavy atom. The van der Waals surface area contributed by atoms with Gasteiger partial charge in [-0.25, -0.2) is 13.1 Å². The Morgan fingerprint density at radius 2 is 2.00 bits per heavy atom. The highest BCUT2D eigenvalue weighted by molar-refractivity contribution is 7.90. The molecule has 1 amide bonds. The van der Waals surface area contributed by atoms with Crippen molar-refractivity contribution in [1.82, 2.24) is 9.62 Å². The number of hydrogen-bond acceptors (Lipinski definition) is 3. The fourth-order valence-electron chi connectivity index (χ4n) is 2.75.